The zero-order chi connectivity index (χ0) is 22.4. The van der Waals surface area contributed by atoms with Gasteiger partial charge in [0, 0.05) is 26.7 Å². The summed E-state index contributed by atoms with van der Waals surface area (Å²) < 4.78 is 37.8. The number of unbranched alkanes of at least 4 members (excludes halogenated alkanes) is 1. The largest absolute Gasteiger partial charge is 0.416 e. The second-order valence-corrected chi connectivity index (χ2v) is 7.06. The number of nitrogens with one attached hydrogen (secondary N) is 2. The highest BCUT2D eigenvalue weighted by Gasteiger charge is 2.34. The fraction of sp³-hybridized carbons (Fsp3) is 0.318. The van der Waals surface area contributed by atoms with E-state index in [9.17, 15) is 22.8 Å². The molecule has 0 fully saturated rings. The van der Waals surface area contributed by atoms with Crippen molar-refractivity contribution in [3.63, 3.8) is 0 Å². The van der Waals surface area contributed by atoms with E-state index < -0.39 is 11.7 Å². The Morgan fingerprint density at radius 1 is 0.935 bits per heavy atom. The summed E-state index contributed by atoms with van der Waals surface area (Å²) in [5.41, 5.74) is 0.899. The number of guanidine groups is 1. The summed E-state index contributed by atoms with van der Waals surface area (Å²) in [7, 11) is 1.60. The van der Waals surface area contributed by atoms with Gasteiger partial charge in [-0.15, -0.1) is 0 Å². The zero-order valence-electron chi connectivity index (χ0n) is 17.0. The van der Waals surface area contributed by atoms with Crippen molar-refractivity contribution in [2.45, 2.75) is 25.6 Å². The minimum Gasteiger partial charge on any atom is -0.356 e. The van der Waals surface area contributed by atoms with Crippen molar-refractivity contribution in [3.05, 3.63) is 70.8 Å². The Morgan fingerprint density at radius 2 is 1.55 bits per heavy atom. The summed E-state index contributed by atoms with van der Waals surface area (Å²) in [4.78, 5) is 30.0. The van der Waals surface area contributed by atoms with Gasteiger partial charge in [-0.25, -0.2) is 0 Å². The Hall–Kier alpha value is -3.36. The normalized spacial score (nSPS) is 14.1. The van der Waals surface area contributed by atoms with Crippen molar-refractivity contribution >= 4 is 17.8 Å². The first-order valence-electron chi connectivity index (χ1n) is 9.87. The number of nitrogens with zero attached hydrogens (tertiary/aromatic N) is 2. The number of amides is 2. The average Bonchev–Trinajstić information content (AvgIpc) is 3.00. The highest BCUT2D eigenvalue weighted by Crippen LogP contribution is 2.29. The summed E-state index contributed by atoms with van der Waals surface area (Å²) >= 11 is 0. The summed E-state index contributed by atoms with van der Waals surface area (Å²) in [5.74, 6) is -0.00853. The molecule has 9 heteroatoms. The molecule has 0 unspecified atom stereocenters. The van der Waals surface area contributed by atoms with Gasteiger partial charge in [-0.3, -0.25) is 19.5 Å². The summed E-state index contributed by atoms with van der Waals surface area (Å²) in [6.07, 6.45) is -3.01. The summed E-state index contributed by atoms with van der Waals surface area (Å²) in [5, 5.41) is 6.15. The molecular weight excluding hydrogens is 409 g/mol. The van der Waals surface area contributed by atoms with Gasteiger partial charge >= 0.3 is 6.18 Å². The molecule has 1 aliphatic heterocycles. The van der Waals surface area contributed by atoms with Crippen molar-refractivity contribution in [2.24, 2.45) is 4.99 Å². The molecule has 0 saturated heterocycles. The fourth-order valence-electron chi connectivity index (χ4n) is 3.26. The average molecular weight is 432 g/mol. The lowest BCUT2D eigenvalue weighted by Crippen LogP contribution is -2.37. The SMILES string of the molecule is CN=C(NCCCCN1C(=O)c2ccccc2C1=O)NCc1ccc(C(F)(F)F)cc1. The van der Waals surface area contributed by atoms with Crippen LogP contribution in [0.4, 0.5) is 13.2 Å². The second-order valence-electron chi connectivity index (χ2n) is 7.06. The maximum atomic E-state index is 12.6. The smallest absolute Gasteiger partial charge is 0.356 e. The van der Waals surface area contributed by atoms with Crippen LogP contribution < -0.4 is 10.6 Å². The van der Waals surface area contributed by atoms with E-state index in [1.54, 1.807) is 31.3 Å². The fourth-order valence-corrected chi connectivity index (χ4v) is 3.26. The Balaban J connectivity index is 1.38. The standard InChI is InChI=1S/C22H23F3N4O2/c1-26-21(28-14-15-8-10-16(11-9-15)22(23,24)25)27-12-4-5-13-29-19(30)17-6-2-3-7-18(17)20(29)31/h2-3,6-11H,4-5,12-14H2,1H3,(H2,26,27,28). The minimum absolute atomic E-state index is 0.262. The van der Waals surface area contributed by atoms with E-state index in [0.29, 0.717) is 55.1 Å². The number of aliphatic imine (C=N–C) groups is 1. The van der Waals surface area contributed by atoms with Crippen LogP contribution in [0.2, 0.25) is 0 Å². The van der Waals surface area contributed by atoms with Crippen molar-refractivity contribution in [1.29, 1.82) is 0 Å². The molecule has 164 valence electrons. The molecule has 2 N–H and O–H groups in total. The number of halogens is 3. The lowest BCUT2D eigenvalue weighted by molar-refractivity contribution is -0.137. The van der Waals surface area contributed by atoms with E-state index in [1.807, 2.05) is 0 Å². The number of imide groups is 1. The second kappa shape index (κ2) is 9.63. The van der Waals surface area contributed by atoms with Crippen LogP contribution in [0.5, 0.6) is 0 Å². The highest BCUT2D eigenvalue weighted by atomic mass is 19.4. The first-order chi connectivity index (χ1) is 14.8. The van der Waals surface area contributed by atoms with E-state index in [2.05, 4.69) is 15.6 Å². The lowest BCUT2D eigenvalue weighted by atomic mass is 10.1. The number of hydrogen-bond acceptors (Lipinski definition) is 3. The number of alkyl halides is 3. The van der Waals surface area contributed by atoms with Gasteiger partial charge in [0.2, 0.25) is 0 Å². The maximum absolute atomic E-state index is 12.6. The van der Waals surface area contributed by atoms with Gasteiger partial charge in [0.15, 0.2) is 5.96 Å². The van der Waals surface area contributed by atoms with Crippen LogP contribution in [-0.4, -0.2) is 42.8 Å². The third-order valence-corrected chi connectivity index (χ3v) is 4.94. The number of carbonyl (C=O) groups excluding carboxylic acids is 2. The molecule has 2 amide bonds. The molecule has 0 radical (unpaired) electrons. The molecule has 0 spiro atoms. The number of rotatable bonds is 7. The minimum atomic E-state index is -4.35. The molecule has 0 atom stereocenters. The molecule has 2 aromatic rings. The van der Waals surface area contributed by atoms with E-state index in [4.69, 9.17) is 0 Å². The Morgan fingerprint density at radius 3 is 2.10 bits per heavy atom. The molecule has 0 aromatic heterocycles. The Labute approximate surface area is 178 Å². The third-order valence-electron chi connectivity index (χ3n) is 4.94. The topological polar surface area (TPSA) is 73.8 Å². The van der Waals surface area contributed by atoms with Crippen LogP contribution in [0.15, 0.2) is 53.5 Å². The van der Waals surface area contributed by atoms with Crippen molar-refractivity contribution in [2.75, 3.05) is 20.1 Å². The molecule has 2 aromatic carbocycles. The van der Waals surface area contributed by atoms with E-state index in [-0.39, 0.29) is 11.8 Å². The van der Waals surface area contributed by atoms with Gasteiger partial charge in [0.25, 0.3) is 11.8 Å². The van der Waals surface area contributed by atoms with Crippen LogP contribution in [0, 0.1) is 0 Å². The van der Waals surface area contributed by atoms with E-state index in [1.165, 1.54) is 17.0 Å². The quantitative estimate of drug-likeness (QED) is 0.304. The van der Waals surface area contributed by atoms with Crippen LogP contribution in [0.1, 0.15) is 44.7 Å². The van der Waals surface area contributed by atoms with Gasteiger partial charge < -0.3 is 10.6 Å². The van der Waals surface area contributed by atoms with Crippen molar-refractivity contribution in [3.8, 4) is 0 Å². The van der Waals surface area contributed by atoms with Gasteiger partial charge in [0.1, 0.15) is 0 Å². The third kappa shape index (κ3) is 5.42. The zero-order valence-corrected chi connectivity index (χ0v) is 17.0. The van der Waals surface area contributed by atoms with Gasteiger partial charge in [-0.2, -0.15) is 13.2 Å². The summed E-state index contributed by atoms with van der Waals surface area (Å²) in [6, 6.07) is 11.7. The molecule has 0 aliphatic carbocycles. The molecule has 1 heterocycles. The van der Waals surface area contributed by atoms with Crippen molar-refractivity contribution in [1.82, 2.24) is 15.5 Å². The Kier molecular flexibility index (Phi) is 6.94. The van der Waals surface area contributed by atoms with E-state index >= 15 is 0 Å². The molecule has 31 heavy (non-hydrogen) atoms. The first kappa shape index (κ1) is 22.3. The number of carbonyl (C=O) groups is 2. The van der Waals surface area contributed by atoms with Crippen LogP contribution in [0.25, 0.3) is 0 Å². The predicted molar refractivity (Wildman–Crippen MR) is 111 cm³/mol. The lowest BCUT2D eigenvalue weighted by Gasteiger charge is -2.15. The highest BCUT2D eigenvalue weighted by molar-refractivity contribution is 6.21. The first-order valence-corrected chi connectivity index (χ1v) is 9.87. The van der Waals surface area contributed by atoms with Gasteiger partial charge in [0.05, 0.1) is 16.7 Å². The molecule has 0 bridgehead atoms. The Bertz CT molecular complexity index is 936. The summed E-state index contributed by atoms with van der Waals surface area (Å²) in [6.45, 7) is 1.23. The van der Waals surface area contributed by atoms with Crippen LogP contribution in [-0.2, 0) is 12.7 Å². The van der Waals surface area contributed by atoms with E-state index in [0.717, 1.165) is 12.1 Å². The van der Waals surface area contributed by atoms with Gasteiger partial charge in [-0.05, 0) is 42.7 Å². The predicted octanol–water partition coefficient (Wildman–Crippen LogP) is 3.45. The molecule has 3 rings (SSSR count). The van der Waals surface area contributed by atoms with Crippen molar-refractivity contribution < 1.29 is 22.8 Å². The maximum Gasteiger partial charge on any atom is 0.416 e. The van der Waals surface area contributed by atoms with Gasteiger partial charge in [-0.1, -0.05) is 24.3 Å². The van der Waals surface area contributed by atoms with Crippen LogP contribution >= 0.6 is 0 Å². The number of hydrogen-bond donors (Lipinski definition) is 2. The molecule has 6 nitrogen and oxygen atoms in total. The molecule has 0 saturated carbocycles. The molecule has 1 aliphatic rings. The number of fused-ring (bicyclic) bond motifs is 1. The monoisotopic (exact) mass is 432 g/mol. The van der Waals surface area contributed by atoms with Crippen LogP contribution in [0.3, 0.4) is 0 Å². The number of benzene rings is 2. The molecular formula is C22H23F3N4O2.